The molecule has 0 aromatic heterocycles. The molecule has 0 unspecified atom stereocenters. The van der Waals surface area contributed by atoms with Gasteiger partial charge >= 0.3 is 0 Å². The largest absolute Gasteiger partial charge is 0.488 e. The van der Waals surface area contributed by atoms with Crippen LogP contribution in [0, 0.1) is 23.2 Å². The Balaban J connectivity index is 1.48. The van der Waals surface area contributed by atoms with Gasteiger partial charge in [0.25, 0.3) is 5.91 Å². The Hall–Kier alpha value is -2.17. The van der Waals surface area contributed by atoms with E-state index in [0.717, 1.165) is 30.4 Å². The van der Waals surface area contributed by atoms with Gasteiger partial charge in [-0.3, -0.25) is 4.79 Å². The van der Waals surface area contributed by atoms with Crippen LogP contribution >= 0.6 is 50.3 Å². The molecular formula is C25H19BrFIN2O2S. The molecule has 1 aliphatic heterocycles. The number of amides is 1. The number of nitrogens with one attached hydrogen (secondary N) is 1. The molecule has 3 aromatic rings. The number of amidine groups is 1. The zero-order chi connectivity index (χ0) is 23.5. The summed E-state index contributed by atoms with van der Waals surface area (Å²) in [6.07, 6.45) is 1.82. The van der Waals surface area contributed by atoms with Crippen molar-refractivity contribution in [2.45, 2.75) is 20.5 Å². The van der Waals surface area contributed by atoms with Crippen molar-refractivity contribution in [1.29, 1.82) is 0 Å². The van der Waals surface area contributed by atoms with E-state index in [2.05, 4.69) is 48.8 Å². The molecule has 8 heteroatoms. The number of ether oxygens (including phenoxy) is 1. The second kappa shape index (κ2) is 10.4. The van der Waals surface area contributed by atoms with Crippen molar-refractivity contribution in [3.8, 4) is 5.75 Å². The fourth-order valence-electron chi connectivity index (χ4n) is 3.23. The second-order valence-electron chi connectivity index (χ2n) is 7.45. The molecule has 1 heterocycles. The number of nitrogens with zero attached hydrogens (tertiary/aromatic N) is 1. The van der Waals surface area contributed by atoms with E-state index in [1.165, 1.54) is 17.8 Å². The summed E-state index contributed by atoms with van der Waals surface area (Å²) in [4.78, 5) is 17.6. The zero-order valence-electron chi connectivity index (χ0n) is 17.8. The Labute approximate surface area is 218 Å². The molecule has 1 N–H and O–H groups in total. The molecular weight excluding hydrogens is 618 g/mol. The van der Waals surface area contributed by atoms with Crippen molar-refractivity contribution in [3.63, 3.8) is 0 Å². The van der Waals surface area contributed by atoms with E-state index in [1.807, 2.05) is 50.3 Å². The van der Waals surface area contributed by atoms with Crippen molar-refractivity contribution < 1.29 is 13.9 Å². The molecule has 0 spiro atoms. The number of hydrogen-bond acceptors (Lipinski definition) is 4. The lowest BCUT2D eigenvalue weighted by atomic mass is 10.1. The van der Waals surface area contributed by atoms with E-state index < -0.39 is 0 Å². The van der Waals surface area contributed by atoms with E-state index in [9.17, 15) is 9.18 Å². The Kier molecular flexibility index (Phi) is 7.55. The number of rotatable bonds is 5. The summed E-state index contributed by atoms with van der Waals surface area (Å²) >= 11 is 7.04. The third kappa shape index (κ3) is 5.85. The van der Waals surface area contributed by atoms with Gasteiger partial charge < -0.3 is 10.1 Å². The van der Waals surface area contributed by atoms with Crippen molar-refractivity contribution in [2.75, 3.05) is 0 Å². The van der Waals surface area contributed by atoms with E-state index >= 15 is 0 Å². The van der Waals surface area contributed by atoms with Crippen molar-refractivity contribution >= 4 is 73.1 Å². The number of carbonyl (C=O) groups is 1. The van der Waals surface area contributed by atoms with E-state index in [0.29, 0.717) is 21.4 Å². The van der Waals surface area contributed by atoms with Crippen LogP contribution in [-0.2, 0) is 11.4 Å². The molecule has 3 aromatic carbocycles. The minimum atomic E-state index is -0.288. The molecule has 1 fully saturated rings. The standard InChI is InChI=1S/C25H19BrFIN2O2S/c1-14-9-18(10-15(2)23(14)26)29-25-30-24(31)22(33-25)12-16-7-8-21(20(28)11-16)32-13-17-5-3-4-6-19(17)27/h3-12H,13H2,1-2H3,(H,29,30,31)/b22-12-. The average Bonchev–Trinajstić information content (AvgIpc) is 3.11. The normalized spacial score (nSPS) is 15.8. The molecule has 0 aliphatic carbocycles. The molecule has 4 nitrogen and oxygen atoms in total. The van der Waals surface area contributed by atoms with Gasteiger partial charge in [0, 0.05) is 10.0 Å². The second-order valence-corrected chi connectivity index (χ2v) is 10.4. The number of aryl methyl sites for hydroxylation is 2. The number of hydrogen-bond donors (Lipinski definition) is 1. The maximum Gasteiger partial charge on any atom is 0.264 e. The quantitative estimate of drug-likeness (QED) is 0.237. The predicted octanol–water partition coefficient (Wildman–Crippen LogP) is 7.28. The number of benzene rings is 3. The average molecular weight is 637 g/mol. The first-order valence-electron chi connectivity index (χ1n) is 10.0. The smallest absolute Gasteiger partial charge is 0.264 e. The van der Waals surface area contributed by atoms with Gasteiger partial charge in [0.15, 0.2) is 5.17 Å². The van der Waals surface area contributed by atoms with Gasteiger partial charge in [-0.05, 0) is 101 Å². The Bertz CT molecular complexity index is 1290. The Morgan fingerprint density at radius 2 is 1.88 bits per heavy atom. The molecule has 1 saturated heterocycles. The lowest BCUT2D eigenvalue weighted by Gasteiger charge is -2.09. The third-order valence-corrected chi connectivity index (χ3v) is 7.90. The molecule has 33 heavy (non-hydrogen) atoms. The molecule has 0 saturated carbocycles. The highest BCUT2D eigenvalue weighted by atomic mass is 127. The first kappa shape index (κ1) is 24.0. The van der Waals surface area contributed by atoms with Gasteiger partial charge in [-0.25, -0.2) is 9.38 Å². The minimum Gasteiger partial charge on any atom is -0.488 e. The van der Waals surface area contributed by atoms with Crippen LogP contribution in [0.4, 0.5) is 10.1 Å². The SMILES string of the molecule is Cc1cc(N=C2NC(=O)/C(=C/c3ccc(OCc4ccccc4F)c(I)c3)S2)cc(C)c1Br. The molecule has 168 valence electrons. The first-order chi connectivity index (χ1) is 15.8. The van der Waals surface area contributed by atoms with E-state index in [1.54, 1.807) is 18.2 Å². The lowest BCUT2D eigenvalue weighted by molar-refractivity contribution is -0.115. The first-order valence-corrected chi connectivity index (χ1v) is 12.7. The summed E-state index contributed by atoms with van der Waals surface area (Å²) in [6, 6.07) is 16.1. The fraction of sp³-hybridized carbons (Fsp3) is 0.120. The Morgan fingerprint density at radius 3 is 2.58 bits per heavy atom. The molecule has 0 atom stereocenters. The highest BCUT2D eigenvalue weighted by Crippen LogP contribution is 2.32. The highest BCUT2D eigenvalue weighted by Gasteiger charge is 2.24. The van der Waals surface area contributed by atoms with E-state index in [4.69, 9.17) is 4.74 Å². The van der Waals surface area contributed by atoms with Gasteiger partial charge in [0.05, 0.1) is 14.2 Å². The number of halogens is 3. The number of thioether (sulfide) groups is 1. The van der Waals surface area contributed by atoms with Gasteiger partial charge in [-0.2, -0.15) is 0 Å². The molecule has 1 amide bonds. The summed E-state index contributed by atoms with van der Waals surface area (Å²) < 4.78 is 21.5. The third-order valence-electron chi connectivity index (χ3n) is 4.90. The topological polar surface area (TPSA) is 50.7 Å². The van der Waals surface area contributed by atoms with Crippen molar-refractivity contribution in [1.82, 2.24) is 5.32 Å². The maximum atomic E-state index is 13.8. The number of carbonyl (C=O) groups excluding carboxylic acids is 1. The van der Waals surface area contributed by atoms with Crippen LogP contribution in [0.5, 0.6) is 5.75 Å². The maximum absolute atomic E-state index is 13.8. The van der Waals surface area contributed by atoms with Gasteiger partial charge in [-0.15, -0.1) is 0 Å². The van der Waals surface area contributed by atoms with Crippen LogP contribution in [-0.4, -0.2) is 11.1 Å². The summed E-state index contributed by atoms with van der Waals surface area (Å²) in [5.74, 6) is 0.191. The van der Waals surface area contributed by atoms with Crippen molar-refractivity contribution in [3.05, 3.63) is 95.6 Å². The summed E-state index contributed by atoms with van der Waals surface area (Å²) in [7, 11) is 0. The van der Waals surface area contributed by atoms with Crippen LogP contribution < -0.4 is 10.1 Å². The van der Waals surface area contributed by atoms with E-state index in [-0.39, 0.29) is 18.3 Å². The summed E-state index contributed by atoms with van der Waals surface area (Å²) in [5, 5.41) is 3.38. The van der Waals surface area contributed by atoms with Crippen LogP contribution in [0.25, 0.3) is 6.08 Å². The fourth-order valence-corrected chi connectivity index (χ4v) is 5.00. The van der Waals surface area contributed by atoms with Crippen LogP contribution in [0.2, 0.25) is 0 Å². The summed E-state index contributed by atoms with van der Waals surface area (Å²) in [5.41, 5.74) is 4.34. The monoisotopic (exact) mass is 636 g/mol. The highest BCUT2D eigenvalue weighted by molar-refractivity contribution is 14.1. The Morgan fingerprint density at radius 1 is 1.15 bits per heavy atom. The predicted molar refractivity (Wildman–Crippen MR) is 144 cm³/mol. The van der Waals surface area contributed by atoms with Gasteiger partial charge in [0.2, 0.25) is 0 Å². The van der Waals surface area contributed by atoms with Gasteiger partial charge in [-0.1, -0.05) is 40.2 Å². The van der Waals surface area contributed by atoms with Crippen LogP contribution in [0.3, 0.4) is 0 Å². The van der Waals surface area contributed by atoms with Crippen molar-refractivity contribution in [2.24, 2.45) is 4.99 Å². The number of aliphatic imine (C=N–C) groups is 1. The molecule has 4 rings (SSSR count). The van der Waals surface area contributed by atoms with Crippen LogP contribution in [0.15, 0.2) is 69.0 Å². The molecule has 0 bridgehead atoms. The lowest BCUT2D eigenvalue weighted by Crippen LogP contribution is -2.19. The van der Waals surface area contributed by atoms with Crippen LogP contribution in [0.1, 0.15) is 22.3 Å². The zero-order valence-corrected chi connectivity index (χ0v) is 22.3. The summed E-state index contributed by atoms with van der Waals surface area (Å²) in [6.45, 7) is 4.17. The van der Waals surface area contributed by atoms with Gasteiger partial charge in [0.1, 0.15) is 18.2 Å². The molecule has 1 aliphatic rings. The minimum absolute atomic E-state index is 0.149. The molecule has 0 radical (unpaired) electrons.